The molecule has 0 amide bonds. The van der Waals surface area contributed by atoms with Crippen molar-refractivity contribution in [3.63, 3.8) is 0 Å². The molecule has 0 unspecified atom stereocenters. The third-order valence-corrected chi connectivity index (χ3v) is 3.15. The van der Waals surface area contributed by atoms with E-state index < -0.39 is 0 Å². The predicted octanol–water partition coefficient (Wildman–Crippen LogP) is 4.52. The van der Waals surface area contributed by atoms with E-state index in [4.69, 9.17) is 4.74 Å². The summed E-state index contributed by atoms with van der Waals surface area (Å²) >= 11 is 0. The Kier molecular flexibility index (Phi) is 5.97. The van der Waals surface area contributed by atoms with E-state index in [1.807, 2.05) is 18.2 Å². The lowest BCUT2D eigenvalue weighted by atomic mass is 10.1. The van der Waals surface area contributed by atoms with Crippen LogP contribution >= 0.6 is 0 Å². The summed E-state index contributed by atoms with van der Waals surface area (Å²) in [6.45, 7) is 3.87. The molecule has 20 heavy (non-hydrogen) atoms. The first-order valence-electron chi connectivity index (χ1n) is 7.39. The molecule has 2 rings (SSSR count). The van der Waals surface area contributed by atoms with Crippen LogP contribution in [0.3, 0.4) is 0 Å². The Morgan fingerprint density at radius 3 is 2.40 bits per heavy atom. The molecule has 106 valence electrons. The van der Waals surface area contributed by atoms with Crippen molar-refractivity contribution in [1.29, 1.82) is 0 Å². The number of aryl methyl sites for hydroxylation is 1. The molecule has 0 fully saturated rings. The molecule has 0 aromatic heterocycles. The average Bonchev–Trinajstić information content (AvgIpc) is 2.50. The van der Waals surface area contributed by atoms with Crippen molar-refractivity contribution in [3.05, 3.63) is 60.2 Å². The molecular formula is C18H23NO. The van der Waals surface area contributed by atoms with Crippen molar-refractivity contribution < 1.29 is 4.74 Å². The fourth-order valence-electron chi connectivity index (χ4n) is 2.09. The first-order valence-corrected chi connectivity index (χ1v) is 7.39. The summed E-state index contributed by atoms with van der Waals surface area (Å²) in [4.78, 5) is 0. The zero-order valence-electron chi connectivity index (χ0n) is 12.1. The summed E-state index contributed by atoms with van der Waals surface area (Å²) in [5.41, 5.74) is 2.54. The number of ether oxygens (including phenoxy) is 1. The SMILES string of the molecule is CCCc1ccc(OCCCNc2ccccc2)cc1. The molecule has 0 spiro atoms. The van der Waals surface area contributed by atoms with Crippen molar-refractivity contribution in [2.75, 3.05) is 18.5 Å². The number of benzene rings is 2. The molecule has 0 aliphatic rings. The zero-order chi connectivity index (χ0) is 14.0. The van der Waals surface area contributed by atoms with Gasteiger partial charge in [0.1, 0.15) is 5.75 Å². The summed E-state index contributed by atoms with van der Waals surface area (Å²) in [6.07, 6.45) is 3.32. The molecule has 1 N–H and O–H groups in total. The van der Waals surface area contributed by atoms with Gasteiger partial charge < -0.3 is 10.1 Å². The van der Waals surface area contributed by atoms with Crippen LogP contribution in [0, 0.1) is 0 Å². The highest BCUT2D eigenvalue weighted by atomic mass is 16.5. The second-order valence-corrected chi connectivity index (χ2v) is 4.89. The Morgan fingerprint density at radius 2 is 1.70 bits per heavy atom. The topological polar surface area (TPSA) is 21.3 Å². The Labute approximate surface area is 121 Å². The van der Waals surface area contributed by atoms with Crippen LogP contribution in [0.2, 0.25) is 0 Å². The fraction of sp³-hybridized carbons (Fsp3) is 0.333. The van der Waals surface area contributed by atoms with E-state index in [1.54, 1.807) is 0 Å². The normalized spacial score (nSPS) is 10.2. The van der Waals surface area contributed by atoms with Gasteiger partial charge in [-0.1, -0.05) is 43.7 Å². The molecule has 0 heterocycles. The molecule has 2 heteroatoms. The number of anilines is 1. The lowest BCUT2D eigenvalue weighted by Crippen LogP contribution is -2.07. The molecule has 0 saturated carbocycles. The van der Waals surface area contributed by atoms with Crippen LogP contribution < -0.4 is 10.1 Å². The summed E-state index contributed by atoms with van der Waals surface area (Å²) in [5.74, 6) is 0.963. The van der Waals surface area contributed by atoms with Gasteiger partial charge in [-0.3, -0.25) is 0 Å². The molecule has 0 saturated heterocycles. The minimum Gasteiger partial charge on any atom is -0.494 e. The van der Waals surface area contributed by atoms with Crippen LogP contribution in [0.5, 0.6) is 5.75 Å². The van der Waals surface area contributed by atoms with Crippen LogP contribution in [0.15, 0.2) is 54.6 Å². The lowest BCUT2D eigenvalue weighted by Gasteiger charge is -2.08. The molecular weight excluding hydrogens is 246 g/mol. The van der Waals surface area contributed by atoms with E-state index in [2.05, 4.69) is 48.6 Å². The van der Waals surface area contributed by atoms with Gasteiger partial charge >= 0.3 is 0 Å². The minimum atomic E-state index is 0.743. The zero-order valence-corrected chi connectivity index (χ0v) is 12.1. The Balaban J connectivity index is 1.63. The Morgan fingerprint density at radius 1 is 0.950 bits per heavy atom. The maximum Gasteiger partial charge on any atom is 0.119 e. The van der Waals surface area contributed by atoms with Gasteiger partial charge in [0.05, 0.1) is 6.61 Å². The van der Waals surface area contributed by atoms with Gasteiger partial charge in [-0.25, -0.2) is 0 Å². The maximum atomic E-state index is 5.74. The highest BCUT2D eigenvalue weighted by molar-refractivity contribution is 5.42. The second-order valence-electron chi connectivity index (χ2n) is 4.89. The fourth-order valence-corrected chi connectivity index (χ4v) is 2.09. The Bertz CT molecular complexity index is 479. The van der Waals surface area contributed by atoms with Crippen molar-refractivity contribution in [2.24, 2.45) is 0 Å². The molecule has 0 atom stereocenters. The van der Waals surface area contributed by atoms with Crippen LogP contribution in [-0.2, 0) is 6.42 Å². The molecule has 0 aliphatic carbocycles. The molecule has 0 bridgehead atoms. The van der Waals surface area contributed by atoms with Crippen molar-refractivity contribution in [2.45, 2.75) is 26.2 Å². The van der Waals surface area contributed by atoms with E-state index in [-0.39, 0.29) is 0 Å². The number of hydrogen-bond donors (Lipinski definition) is 1. The highest BCUT2D eigenvalue weighted by Crippen LogP contribution is 2.13. The van der Waals surface area contributed by atoms with Crippen LogP contribution in [0.1, 0.15) is 25.3 Å². The van der Waals surface area contributed by atoms with Gasteiger partial charge in [0.15, 0.2) is 0 Å². The largest absolute Gasteiger partial charge is 0.494 e. The molecule has 2 nitrogen and oxygen atoms in total. The predicted molar refractivity (Wildman–Crippen MR) is 85.5 cm³/mol. The van der Waals surface area contributed by atoms with Gasteiger partial charge in [0.25, 0.3) is 0 Å². The van der Waals surface area contributed by atoms with Crippen LogP contribution in [0.25, 0.3) is 0 Å². The summed E-state index contributed by atoms with van der Waals surface area (Å²) < 4.78 is 5.74. The third-order valence-electron chi connectivity index (χ3n) is 3.15. The number of para-hydroxylation sites is 1. The third kappa shape index (κ3) is 4.96. The van der Waals surface area contributed by atoms with Crippen LogP contribution in [-0.4, -0.2) is 13.2 Å². The quantitative estimate of drug-likeness (QED) is 0.711. The van der Waals surface area contributed by atoms with E-state index in [1.165, 1.54) is 12.0 Å². The van der Waals surface area contributed by atoms with E-state index in [0.29, 0.717) is 0 Å². The lowest BCUT2D eigenvalue weighted by molar-refractivity contribution is 0.315. The maximum absolute atomic E-state index is 5.74. The first kappa shape index (κ1) is 14.4. The number of nitrogens with one attached hydrogen (secondary N) is 1. The van der Waals surface area contributed by atoms with Gasteiger partial charge in [-0.15, -0.1) is 0 Å². The van der Waals surface area contributed by atoms with E-state index in [0.717, 1.165) is 37.4 Å². The summed E-state index contributed by atoms with van der Waals surface area (Å²) in [5, 5.41) is 3.38. The van der Waals surface area contributed by atoms with Crippen LogP contribution in [0.4, 0.5) is 5.69 Å². The van der Waals surface area contributed by atoms with Gasteiger partial charge in [-0.05, 0) is 42.7 Å². The summed E-state index contributed by atoms with van der Waals surface area (Å²) in [7, 11) is 0. The minimum absolute atomic E-state index is 0.743. The highest BCUT2D eigenvalue weighted by Gasteiger charge is 1.95. The van der Waals surface area contributed by atoms with Crippen molar-refractivity contribution in [1.82, 2.24) is 0 Å². The van der Waals surface area contributed by atoms with Gasteiger partial charge in [0, 0.05) is 12.2 Å². The van der Waals surface area contributed by atoms with Crippen molar-refractivity contribution in [3.8, 4) is 5.75 Å². The second kappa shape index (κ2) is 8.26. The number of rotatable bonds is 8. The standard InChI is InChI=1S/C18H23NO/c1-2-7-16-10-12-18(13-11-16)20-15-6-14-19-17-8-4-3-5-9-17/h3-5,8-13,19H,2,6-7,14-15H2,1H3. The molecule has 2 aromatic rings. The average molecular weight is 269 g/mol. The van der Waals surface area contributed by atoms with E-state index >= 15 is 0 Å². The molecule has 0 aliphatic heterocycles. The molecule has 0 radical (unpaired) electrons. The number of hydrogen-bond acceptors (Lipinski definition) is 2. The first-order chi connectivity index (χ1) is 9.88. The monoisotopic (exact) mass is 269 g/mol. The van der Waals surface area contributed by atoms with Crippen molar-refractivity contribution >= 4 is 5.69 Å². The van der Waals surface area contributed by atoms with Gasteiger partial charge in [0.2, 0.25) is 0 Å². The molecule has 2 aromatic carbocycles. The Hall–Kier alpha value is -1.96. The summed E-state index contributed by atoms with van der Waals surface area (Å²) in [6, 6.07) is 18.7. The van der Waals surface area contributed by atoms with E-state index in [9.17, 15) is 0 Å². The van der Waals surface area contributed by atoms with Gasteiger partial charge in [-0.2, -0.15) is 0 Å². The smallest absolute Gasteiger partial charge is 0.119 e.